The fourth-order valence-corrected chi connectivity index (χ4v) is 7.43. The summed E-state index contributed by atoms with van der Waals surface area (Å²) in [4.78, 5) is 16.7. The van der Waals surface area contributed by atoms with Crippen LogP contribution >= 0.6 is 0 Å². The third-order valence-electron chi connectivity index (χ3n) is 7.27. The van der Waals surface area contributed by atoms with Crippen LogP contribution in [0.4, 0.5) is 0 Å². The Kier molecular flexibility index (Phi) is 7.10. The zero-order valence-electron chi connectivity index (χ0n) is 19.6. The highest BCUT2D eigenvalue weighted by Crippen LogP contribution is 2.39. The summed E-state index contributed by atoms with van der Waals surface area (Å²) in [7, 11) is -1.66. The summed E-state index contributed by atoms with van der Waals surface area (Å²) in [6.45, 7) is 2.08. The predicted octanol–water partition coefficient (Wildman–Crippen LogP) is 3.24. The van der Waals surface area contributed by atoms with Crippen molar-refractivity contribution in [3.63, 3.8) is 0 Å². The first-order valence-electron chi connectivity index (χ1n) is 12.2. The molecule has 5 rings (SSSR count). The molecule has 0 bridgehead atoms. The van der Waals surface area contributed by atoms with Crippen molar-refractivity contribution in [3.8, 4) is 0 Å². The van der Waals surface area contributed by atoms with E-state index in [2.05, 4.69) is 19.9 Å². The van der Waals surface area contributed by atoms with Gasteiger partial charge in [-0.05, 0) is 50.5 Å². The van der Waals surface area contributed by atoms with Crippen LogP contribution in [0.2, 0.25) is 0 Å². The van der Waals surface area contributed by atoms with Crippen molar-refractivity contribution < 1.29 is 17.9 Å². The maximum atomic E-state index is 13.2. The van der Waals surface area contributed by atoms with Crippen molar-refractivity contribution in [2.45, 2.75) is 50.5 Å². The molecular weight excluding hydrogens is 454 g/mol. The van der Waals surface area contributed by atoms with Gasteiger partial charge in [0.05, 0.1) is 42.5 Å². The number of piperidine rings is 1. The minimum absolute atomic E-state index is 0.0415. The number of hydrogen-bond donors (Lipinski definition) is 1. The van der Waals surface area contributed by atoms with Crippen molar-refractivity contribution in [1.29, 1.82) is 0 Å². The van der Waals surface area contributed by atoms with Crippen LogP contribution in [-0.4, -0.2) is 77.9 Å². The number of pyridine rings is 1. The Morgan fingerprint density at radius 3 is 2.79 bits per heavy atom. The van der Waals surface area contributed by atoms with Gasteiger partial charge in [-0.15, -0.1) is 0 Å². The summed E-state index contributed by atoms with van der Waals surface area (Å²) in [5.41, 5.74) is 2.76. The van der Waals surface area contributed by atoms with E-state index in [-0.39, 0.29) is 17.8 Å². The Balaban J connectivity index is 1.22. The number of aromatic nitrogens is 4. The van der Waals surface area contributed by atoms with E-state index in [1.165, 1.54) is 0 Å². The molecular formula is C24H33N5O4S. The molecule has 0 spiro atoms. The third kappa shape index (κ3) is 4.95. The number of fused-ring (bicyclic) bond motifs is 3. The van der Waals surface area contributed by atoms with Gasteiger partial charge in [0.25, 0.3) is 0 Å². The van der Waals surface area contributed by atoms with Gasteiger partial charge in [-0.2, -0.15) is 4.31 Å². The molecule has 3 aromatic heterocycles. The number of H-pyrrole nitrogens is 1. The largest absolute Gasteiger partial charge is 0.382 e. The average molecular weight is 488 g/mol. The molecule has 1 saturated heterocycles. The normalized spacial score (nSPS) is 24.7. The maximum Gasteiger partial charge on any atom is 0.214 e. The van der Waals surface area contributed by atoms with Gasteiger partial charge in [-0.25, -0.2) is 23.4 Å². The number of rotatable bonds is 8. The van der Waals surface area contributed by atoms with Crippen molar-refractivity contribution in [2.24, 2.45) is 5.92 Å². The average Bonchev–Trinajstić information content (AvgIpc) is 3.34. The summed E-state index contributed by atoms with van der Waals surface area (Å²) < 4.78 is 38.9. The molecule has 1 atom stereocenters. The fourth-order valence-electron chi connectivity index (χ4n) is 5.49. The minimum atomic E-state index is -3.30. The van der Waals surface area contributed by atoms with Gasteiger partial charge in [-0.3, -0.25) is 0 Å². The summed E-state index contributed by atoms with van der Waals surface area (Å²) in [6.07, 6.45) is 10.6. The molecule has 34 heavy (non-hydrogen) atoms. The second kappa shape index (κ2) is 10.2. The molecule has 1 saturated carbocycles. The van der Waals surface area contributed by atoms with E-state index >= 15 is 0 Å². The molecule has 4 heterocycles. The molecule has 10 heteroatoms. The fraction of sp³-hybridized carbons (Fsp3) is 0.625. The Labute approximate surface area is 200 Å². The molecule has 2 aliphatic rings. The first-order chi connectivity index (χ1) is 16.5. The predicted molar refractivity (Wildman–Crippen MR) is 130 cm³/mol. The van der Waals surface area contributed by atoms with Gasteiger partial charge < -0.3 is 14.5 Å². The number of ether oxygens (including phenoxy) is 2. The number of sulfonamides is 1. The minimum Gasteiger partial charge on any atom is -0.382 e. The summed E-state index contributed by atoms with van der Waals surface area (Å²) in [6, 6.07) is 2.03. The maximum absolute atomic E-state index is 13.2. The molecule has 1 aliphatic carbocycles. The Hall–Kier alpha value is -2.14. The smallest absolute Gasteiger partial charge is 0.214 e. The van der Waals surface area contributed by atoms with E-state index in [0.717, 1.165) is 66.2 Å². The lowest BCUT2D eigenvalue weighted by molar-refractivity contribution is -0.00658. The highest BCUT2D eigenvalue weighted by atomic mass is 32.2. The van der Waals surface area contributed by atoms with Gasteiger partial charge in [0, 0.05) is 43.1 Å². The lowest BCUT2D eigenvalue weighted by atomic mass is 9.80. The molecule has 0 aromatic carbocycles. The van der Waals surface area contributed by atoms with E-state index in [4.69, 9.17) is 9.47 Å². The molecule has 0 amide bonds. The molecule has 9 nitrogen and oxygen atoms in total. The lowest BCUT2D eigenvalue weighted by Gasteiger charge is -2.34. The van der Waals surface area contributed by atoms with Crippen LogP contribution in [-0.2, 0) is 19.5 Å². The van der Waals surface area contributed by atoms with E-state index in [0.29, 0.717) is 32.2 Å². The van der Waals surface area contributed by atoms with Crippen LogP contribution in [0, 0.1) is 5.92 Å². The van der Waals surface area contributed by atoms with Crippen molar-refractivity contribution in [3.05, 3.63) is 30.5 Å². The van der Waals surface area contributed by atoms with Crippen molar-refractivity contribution >= 4 is 32.0 Å². The zero-order valence-corrected chi connectivity index (χ0v) is 20.5. The van der Waals surface area contributed by atoms with Gasteiger partial charge in [0.15, 0.2) is 0 Å². The monoisotopic (exact) mass is 487 g/mol. The first kappa shape index (κ1) is 23.6. The summed E-state index contributed by atoms with van der Waals surface area (Å²) in [5, 5.41) is 2.11. The second-order valence-electron chi connectivity index (χ2n) is 9.50. The number of nitrogens with zero attached hydrogens (tertiary/aromatic N) is 4. The standard InChI is InChI=1S/C24H33N5O4S/c1-32-11-12-33-19-3-2-10-29(14-19)34(30,31)15-17-4-6-18(7-5-17)23-22-20-8-9-25-24(20)26-13-21(22)27-16-28-23/h8-9,13,16-19H,2-7,10-12,14-15H2,1H3,(H,25,26). The molecule has 1 aliphatic heterocycles. The van der Waals surface area contributed by atoms with E-state index in [1.54, 1.807) is 23.9 Å². The Bertz CT molecular complexity index is 1220. The van der Waals surface area contributed by atoms with E-state index in [1.807, 2.05) is 12.3 Å². The van der Waals surface area contributed by atoms with E-state index in [9.17, 15) is 8.42 Å². The number of methoxy groups -OCH3 is 1. The number of nitrogens with one attached hydrogen (secondary N) is 1. The topological polar surface area (TPSA) is 110 Å². The lowest BCUT2D eigenvalue weighted by Crippen LogP contribution is -2.45. The summed E-state index contributed by atoms with van der Waals surface area (Å²) in [5.74, 6) is 0.706. The number of aromatic amines is 1. The van der Waals surface area contributed by atoms with Crippen LogP contribution in [0.5, 0.6) is 0 Å². The SMILES string of the molecule is COCCOC1CCCN(S(=O)(=O)CC2CCC(c3ncnc4cnc5[nH]ccc5c34)CC2)C1. The van der Waals surface area contributed by atoms with Gasteiger partial charge >= 0.3 is 0 Å². The molecule has 1 N–H and O–H groups in total. The van der Waals surface area contributed by atoms with Gasteiger partial charge in [-0.1, -0.05) is 0 Å². The molecule has 2 fully saturated rings. The Morgan fingerprint density at radius 2 is 1.97 bits per heavy atom. The third-order valence-corrected chi connectivity index (χ3v) is 9.28. The van der Waals surface area contributed by atoms with Crippen molar-refractivity contribution in [1.82, 2.24) is 24.2 Å². The molecule has 0 radical (unpaired) electrons. The van der Waals surface area contributed by atoms with Gasteiger partial charge in [0.1, 0.15) is 12.0 Å². The van der Waals surface area contributed by atoms with Gasteiger partial charge in [0.2, 0.25) is 10.0 Å². The summed E-state index contributed by atoms with van der Waals surface area (Å²) >= 11 is 0. The van der Waals surface area contributed by atoms with Crippen LogP contribution in [0.1, 0.15) is 50.1 Å². The van der Waals surface area contributed by atoms with Crippen LogP contribution in [0.15, 0.2) is 24.8 Å². The highest BCUT2D eigenvalue weighted by molar-refractivity contribution is 7.89. The number of hydrogen-bond acceptors (Lipinski definition) is 7. The van der Waals surface area contributed by atoms with Crippen LogP contribution in [0.3, 0.4) is 0 Å². The highest BCUT2D eigenvalue weighted by Gasteiger charge is 2.33. The first-order valence-corrected chi connectivity index (χ1v) is 13.8. The quantitative estimate of drug-likeness (QED) is 0.486. The van der Waals surface area contributed by atoms with Crippen LogP contribution < -0.4 is 0 Å². The molecule has 3 aromatic rings. The molecule has 1 unspecified atom stereocenters. The van der Waals surface area contributed by atoms with E-state index < -0.39 is 10.0 Å². The zero-order chi connectivity index (χ0) is 23.5. The molecule has 184 valence electrons. The van der Waals surface area contributed by atoms with Crippen molar-refractivity contribution in [2.75, 3.05) is 39.2 Å². The van der Waals surface area contributed by atoms with Crippen LogP contribution in [0.25, 0.3) is 21.9 Å². The second-order valence-corrected chi connectivity index (χ2v) is 11.5. The Morgan fingerprint density at radius 1 is 1.12 bits per heavy atom.